The molecule has 0 aromatic rings. The Morgan fingerprint density at radius 3 is 2.57 bits per heavy atom. The molecule has 0 heterocycles. The number of carbonyl (C=O) groups excluding carboxylic acids is 1. The molecule has 1 aliphatic carbocycles. The summed E-state index contributed by atoms with van der Waals surface area (Å²) in [5.41, 5.74) is 8.04. The van der Waals surface area contributed by atoms with Crippen LogP contribution >= 0.6 is 0 Å². The second kappa shape index (κ2) is 5.98. The Hall–Kier alpha value is -0.610. The molecule has 0 unspecified atom stereocenters. The van der Waals surface area contributed by atoms with Crippen LogP contribution in [0.4, 0.5) is 0 Å². The third-order valence-electron chi connectivity index (χ3n) is 2.87. The number of hydroxylamine groups is 1. The molecule has 0 saturated heterocycles. The minimum atomic E-state index is 0.0299. The van der Waals surface area contributed by atoms with Crippen LogP contribution in [0.25, 0.3) is 0 Å². The highest BCUT2D eigenvalue weighted by Gasteiger charge is 2.25. The SMILES string of the molecule is CCONC(=O)C1CCC(CN)CC1. The summed E-state index contributed by atoms with van der Waals surface area (Å²) in [6, 6.07) is 0. The Morgan fingerprint density at radius 2 is 2.07 bits per heavy atom. The summed E-state index contributed by atoms with van der Waals surface area (Å²) in [6.07, 6.45) is 4.03. The number of nitrogens with two attached hydrogens (primary N) is 1. The third-order valence-corrected chi connectivity index (χ3v) is 2.87. The van der Waals surface area contributed by atoms with Crippen molar-refractivity contribution in [2.45, 2.75) is 32.6 Å². The van der Waals surface area contributed by atoms with Gasteiger partial charge in [0.2, 0.25) is 5.91 Å². The summed E-state index contributed by atoms with van der Waals surface area (Å²) in [6.45, 7) is 3.12. The Bertz CT molecular complexity index is 177. The standard InChI is InChI=1S/C10H20N2O2/c1-2-14-12-10(13)9-5-3-8(7-11)4-6-9/h8-9H,2-7,11H2,1H3,(H,12,13). The van der Waals surface area contributed by atoms with E-state index in [4.69, 9.17) is 10.6 Å². The van der Waals surface area contributed by atoms with E-state index in [2.05, 4.69) is 5.48 Å². The number of hydrogen-bond acceptors (Lipinski definition) is 3. The number of amides is 1. The lowest BCUT2D eigenvalue weighted by Gasteiger charge is -2.26. The molecule has 1 aliphatic rings. The van der Waals surface area contributed by atoms with Crippen LogP contribution in [0, 0.1) is 11.8 Å². The van der Waals surface area contributed by atoms with E-state index in [1.54, 1.807) is 0 Å². The zero-order valence-electron chi connectivity index (χ0n) is 8.79. The molecule has 0 radical (unpaired) electrons. The van der Waals surface area contributed by atoms with E-state index in [-0.39, 0.29) is 11.8 Å². The summed E-state index contributed by atoms with van der Waals surface area (Å²) < 4.78 is 0. The Labute approximate surface area is 85.1 Å². The van der Waals surface area contributed by atoms with Crippen LogP contribution < -0.4 is 11.2 Å². The second-order valence-electron chi connectivity index (χ2n) is 3.85. The smallest absolute Gasteiger partial charge is 0.246 e. The fourth-order valence-electron chi connectivity index (χ4n) is 1.89. The third kappa shape index (κ3) is 3.27. The van der Waals surface area contributed by atoms with Crippen LogP contribution in [0.5, 0.6) is 0 Å². The van der Waals surface area contributed by atoms with Gasteiger partial charge in [-0.15, -0.1) is 0 Å². The van der Waals surface area contributed by atoms with E-state index in [0.29, 0.717) is 12.5 Å². The summed E-state index contributed by atoms with van der Waals surface area (Å²) in [5, 5.41) is 0. The van der Waals surface area contributed by atoms with Gasteiger partial charge in [-0.05, 0) is 45.1 Å². The van der Waals surface area contributed by atoms with Crippen molar-refractivity contribution in [3.05, 3.63) is 0 Å². The van der Waals surface area contributed by atoms with Crippen molar-refractivity contribution in [1.29, 1.82) is 0 Å². The molecule has 0 bridgehead atoms. The quantitative estimate of drug-likeness (QED) is 0.660. The molecule has 14 heavy (non-hydrogen) atoms. The van der Waals surface area contributed by atoms with Gasteiger partial charge in [0.25, 0.3) is 0 Å². The van der Waals surface area contributed by atoms with Crippen molar-refractivity contribution in [2.75, 3.05) is 13.2 Å². The fraction of sp³-hybridized carbons (Fsp3) is 0.900. The van der Waals surface area contributed by atoms with Crippen molar-refractivity contribution in [2.24, 2.45) is 17.6 Å². The van der Waals surface area contributed by atoms with Crippen LogP contribution in [0.1, 0.15) is 32.6 Å². The molecule has 1 fully saturated rings. The largest absolute Gasteiger partial charge is 0.330 e. The van der Waals surface area contributed by atoms with Gasteiger partial charge < -0.3 is 5.73 Å². The maximum atomic E-state index is 11.5. The van der Waals surface area contributed by atoms with Crippen molar-refractivity contribution in [3.63, 3.8) is 0 Å². The lowest BCUT2D eigenvalue weighted by atomic mass is 9.82. The molecule has 3 N–H and O–H groups in total. The van der Waals surface area contributed by atoms with Gasteiger partial charge in [0.15, 0.2) is 0 Å². The van der Waals surface area contributed by atoms with E-state index in [9.17, 15) is 4.79 Å². The van der Waals surface area contributed by atoms with E-state index in [0.717, 1.165) is 32.2 Å². The van der Waals surface area contributed by atoms with Crippen molar-refractivity contribution < 1.29 is 9.63 Å². The van der Waals surface area contributed by atoms with E-state index >= 15 is 0 Å². The predicted molar refractivity (Wildman–Crippen MR) is 54.3 cm³/mol. The number of hydrogen-bond donors (Lipinski definition) is 2. The average molecular weight is 200 g/mol. The van der Waals surface area contributed by atoms with Gasteiger partial charge in [-0.25, -0.2) is 5.48 Å². The van der Waals surface area contributed by atoms with Crippen molar-refractivity contribution >= 4 is 5.91 Å². The number of carbonyl (C=O) groups is 1. The maximum Gasteiger partial charge on any atom is 0.246 e. The minimum absolute atomic E-state index is 0.0299. The first kappa shape index (κ1) is 11.5. The van der Waals surface area contributed by atoms with Gasteiger partial charge >= 0.3 is 0 Å². The monoisotopic (exact) mass is 200 g/mol. The molecule has 4 heteroatoms. The molecule has 1 saturated carbocycles. The Kier molecular flexibility index (Phi) is 4.90. The maximum absolute atomic E-state index is 11.5. The molecule has 0 spiro atoms. The molecule has 1 rings (SSSR count). The number of rotatable bonds is 4. The predicted octanol–water partition coefficient (Wildman–Crippen LogP) is 0.819. The van der Waals surface area contributed by atoms with Crippen molar-refractivity contribution in [3.8, 4) is 0 Å². The molecule has 0 aliphatic heterocycles. The van der Waals surface area contributed by atoms with Crippen LogP contribution in [0.2, 0.25) is 0 Å². The van der Waals surface area contributed by atoms with Gasteiger partial charge in [0, 0.05) is 5.92 Å². The molecule has 4 nitrogen and oxygen atoms in total. The summed E-state index contributed by atoms with van der Waals surface area (Å²) in [4.78, 5) is 16.4. The first-order chi connectivity index (χ1) is 6.77. The Balaban J connectivity index is 2.23. The molecule has 0 atom stereocenters. The van der Waals surface area contributed by atoms with Gasteiger partial charge in [-0.2, -0.15) is 0 Å². The fourth-order valence-corrected chi connectivity index (χ4v) is 1.89. The van der Waals surface area contributed by atoms with Gasteiger partial charge in [0.1, 0.15) is 0 Å². The highest BCUT2D eigenvalue weighted by molar-refractivity contribution is 5.77. The van der Waals surface area contributed by atoms with Crippen molar-refractivity contribution in [1.82, 2.24) is 5.48 Å². The summed E-state index contributed by atoms with van der Waals surface area (Å²) in [5.74, 6) is 0.776. The normalized spacial score (nSPS) is 27.3. The molecule has 0 aromatic carbocycles. The van der Waals surface area contributed by atoms with E-state index < -0.39 is 0 Å². The second-order valence-corrected chi connectivity index (χ2v) is 3.85. The van der Waals surface area contributed by atoms with E-state index in [1.165, 1.54) is 0 Å². The first-order valence-electron chi connectivity index (χ1n) is 5.39. The van der Waals surface area contributed by atoms with Crippen LogP contribution in [0.3, 0.4) is 0 Å². The van der Waals surface area contributed by atoms with Gasteiger partial charge in [0.05, 0.1) is 6.61 Å². The zero-order chi connectivity index (χ0) is 10.4. The first-order valence-corrected chi connectivity index (χ1v) is 5.39. The number of nitrogens with one attached hydrogen (secondary N) is 1. The summed E-state index contributed by atoms with van der Waals surface area (Å²) >= 11 is 0. The molecule has 82 valence electrons. The highest BCUT2D eigenvalue weighted by Crippen LogP contribution is 2.27. The summed E-state index contributed by atoms with van der Waals surface area (Å²) in [7, 11) is 0. The topological polar surface area (TPSA) is 64.3 Å². The van der Waals surface area contributed by atoms with E-state index in [1.807, 2.05) is 6.92 Å². The molecular weight excluding hydrogens is 180 g/mol. The van der Waals surface area contributed by atoms with Crippen LogP contribution in [-0.4, -0.2) is 19.1 Å². The lowest BCUT2D eigenvalue weighted by molar-refractivity contribution is -0.138. The average Bonchev–Trinajstić information content (AvgIpc) is 2.26. The van der Waals surface area contributed by atoms with Gasteiger partial charge in [-0.1, -0.05) is 0 Å². The van der Waals surface area contributed by atoms with Gasteiger partial charge in [-0.3, -0.25) is 9.63 Å². The highest BCUT2D eigenvalue weighted by atomic mass is 16.6. The van der Waals surface area contributed by atoms with Crippen LogP contribution in [-0.2, 0) is 9.63 Å². The minimum Gasteiger partial charge on any atom is -0.330 e. The molecule has 1 amide bonds. The lowest BCUT2D eigenvalue weighted by Crippen LogP contribution is -2.34. The Morgan fingerprint density at radius 1 is 1.43 bits per heavy atom. The molecular formula is C10H20N2O2. The zero-order valence-corrected chi connectivity index (χ0v) is 8.79. The molecule has 0 aromatic heterocycles. The van der Waals surface area contributed by atoms with Crippen LogP contribution in [0.15, 0.2) is 0 Å².